The first-order valence-electron chi connectivity index (χ1n) is 26.9. The van der Waals surface area contributed by atoms with Crippen LogP contribution >= 0.6 is 46.4 Å². The number of hydrogen-bond acceptors (Lipinski definition) is 21. The maximum absolute atomic E-state index is 14.5. The first-order valence-corrected chi connectivity index (χ1v) is 30.1. The highest BCUT2D eigenvalue weighted by Crippen LogP contribution is 2.40. The van der Waals surface area contributed by atoms with Gasteiger partial charge in [-0.1, -0.05) is 66.7 Å². The molecule has 1 aliphatic carbocycles. The van der Waals surface area contributed by atoms with Crippen LogP contribution in [0.1, 0.15) is 89.9 Å². The first-order chi connectivity index (χ1) is 41.3. The minimum absolute atomic E-state index is 0.000883. The number of ether oxygens (including phenoxy) is 5. The predicted molar refractivity (Wildman–Crippen MR) is 324 cm³/mol. The Kier molecular flexibility index (Phi) is 26.7. The molecule has 6 amide bonds. The molecule has 0 saturated heterocycles. The van der Waals surface area contributed by atoms with Gasteiger partial charge < -0.3 is 44.1 Å². The van der Waals surface area contributed by atoms with Gasteiger partial charge in [0, 0.05) is 50.1 Å². The van der Waals surface area contributed by atoms with Crippen molar-refractivity contribution in [2.24, 2.45) is 0 Å². The van der Waals surface area contributed by atoms with Gasteiger partial charge in [-0.15, -0.1) is 0 Å². The number of rotatable bonds is 19. The van der Waals surface area contributed by atoms with Crippen LogP contribution in [0.25, 0.3) is 0 Å². The third kappa shape index (κ3) is 19.8. The summed E-state index contributed by atoms with van der Waals surface area (Å²) in [6.45, 7) is 11.0. The van der Waals surface area contributed by atoms with Gasteiger partial charge in [-0.05, 0) is 102 Å². The monoisotopic (exact) mass is 1310 g/mol. The Morgan fingerprint density at radius 1 is 0.851 bits per heavy atom. The molecule has 0 bridgehead atoms. The number of anilines is 5. The molecule has 1 atom stereocenters. The summed E-state index contributed by atoms with van der Waals surface area (Å²) in [5.41, 5.74) is 1.21. The Bertz CT molecular complexity index is 3370. The number of nitrogens with zero attached hydrogens (tertiary/aromatic N) is 9. The number of sulfonamides is 1. The Morgan fingerprint density at radius 2 is 1.49 bits per heavy atom. The molecule has 26 nitrogen and oxygen atoms in total. The Morgan fingerprint density at radius 3 is 2.09 bits per heavy atom. The number of para-hydroxylation sites is 2. The highest BCUT2D eigenvalue weighted by molar-refractivity contribution is 7.90. The van der Waals surface area contributed by atoms with Gasteiger partial charge in [-0.25, -0.2) is 28.6 Å². The fourth-order valence-electron chi connectivity index (χ4n) is 8.10. The van der Waals surface area contributed by atoms with Gasteiger partial charge in [0.25, 0.3) is 33.7 Å². The molecule has 2 aliphatic heterocycles. The maximum Gasteiger partial charge on any atom is 0.344 e. The number of alkyl halides is 2. The topological polar surface area (TPSA) is 318 Å². The standard InChI is InChI=1S/C21H23ClFNO5.C15H18N6O6S.C11H11Cl2NO2.C8H14ClN5/c1-2-3-6-9-28-19(25)12-29-18-11-17(16(23)10-15(18)22)24-20(26)13-7-4-5-8-14(13)21(24)27;1-21(2)13(22)9-6-5-7-16-12(9)28(24,25)20-15(23)19-14-17-10(26-3)8-11(18-14)27-4;1-7-6-16-9-5-3-2-4-8(9)14(7)11(15)10(12)13;1-4-10-7-12-6(9)13-8(14-7)11-5(2)3/h10-11H,2-9,12H2,1H3;5-8H,1-4H3,(H2,17,18,19,20,23);2-5,7,10H,6H2,1H3;5H,4H2,1-3H3,(H2,10,11,12,13,14). The van der Waals surface area contributed by atoms with Crippen LogP contribution in [0.2, 0.25) is 10.3 Å². The summed E-state index contributed by atoms with van der Waals surface area (Å²) in [5.74, 6) is -1.70. The van der Waals surface area contributed by atoms with Crippen molar-refractivity contribution in [2.75, 3.05) is 80.4 Å². The fraction of sp³-hybridized carbons (Fsp3) is 0.418. The number of esters is 1. The number of hydrogen-bond donors (Lipinski definition) is 4. The summed E-state index contributed by atoms with van der Waals surface area (Å²) in [7, 11) is 1.15. The van der Waals surface area contributed by atoms with E-state index in [0.717, 1.165) is 55.3 Å². The lowest BCUT2D eigenvalue weighted by atomic mass is 9.93. The summed E-state index contributed by atoms with van der Waals surface area (Å²) in [5, 5.41) is 7.72. The van der Waals surface area contributed by atoms with E-state index in [2.05, 4.69) is 45.9 Å². The van der Waals surface area contributed by atoms with Gasteiger partial charge in [-0.3, -0.25) is 24.5 Å². The van der Waals surface area contributed by atoms with E-state index in [9.17, 15) is 41.6 Å². The number of carbonyl (C=O) groups excluding carboxylic acids is 6. The Labute approximate surface area is 522 Å². The number of benzene rings is 2. The molecular weight excluding hydrogens is 1240 g/mol. The molecule has 2 aromatic carbocycles. The van der Waals surface area contributed by atoms with Crippen LogP contribution in [0.4, 0.5) is 38.4 Å². The van der Waals surface area contributed by atoms with E-state index in [-0.39, 0.29) is 63.0 Å². The zero-order valence-corrected chi connectivity index (χ0v) is 52.8. The number of amides is 6. The average molecular weight is 1310 g/mol. The minimum atomic E-state index is -4.46. The summed E-state index contributed by atoms with van der Waals surface area (Å²) in [6.07, 6.45) is 6.59. The molecule has 32 heteroatoms. The van der Waals surface area contributed by atoms with E-state index in [1.54, 1.807) is 9.62 Å². The highest BCUT2D eigenvalue weighted by Gasteiger charge is 2.41. The van der Waals surface area contributed by atoms with Crippen LogP contribution in [0, 0.1) is 5.82 Å². The number of unbranched alkanes of at least 4 members (excludes halogenated alkanes) is 2. The largest absolute Gasteiger partial charge is 0.489 e. The van der Waals surface area contributed by atoms with Gasteiger partial charge in [0.15, 0.2) is 16.5 Å². The van der Waals surface area contributed by atoms with Crippen molar-refractivity contribution in [3.8, 4) is 23.3 Å². The Balaban J connectivity index is 0.000000221. The zero-order valence-electron chi connectivity index (χ0n) is 48.9. The van der Waals surface area contributed by atoms with Crippen molar-refractivity contribution < 1.29 is 65.3 Å². The number of fused-ring (bicyclic) bond motifs is 1. The molecular formula is C55H66Cl4FN13O13S. The second-order valence-electron chi connectivity index (χ2n) is 19.2. The molecule has 4 N–H and O–H groups in total. The van der Waals surface area contributed by atoms with E-state index in [1.807, 2.05) is 58.9 Å². The molecule has 470 valence electrons. The second kappa shape index (κ2) is 33.3. The molecule has 0 spiro atoms. The smallest absolute Gasteiger partial charge is 0.344 e. The van der Waals surface area contributed by atoms with Crippen molar-refractivity contribution in [1.29, 1.82) is 0 Å². The van der Waals surface area contributed by atoms with E-state index in [4.69, 9.17) is 70.1 Å². The normalized spacial score (nSPS) is 14.1. The lowest BCUT2D eigenvalue weighted by Crippen LogP contribution is -2.47. The second-order valence-corrected chi connectivity index (χ2v) is 22.6. The van der Waals surface area contributed by atoms with Gasteiger partial charge in [0.1, 0.15) is 23.9 Å². The number of urea groups is 1. The number of carbonyl (C=O) groups is 6. The van der Waals surface area contributed by atoms with Crippen molar-refractivity contribution in [2.45, 2.75) is 102 Å². The van der Waals surface area contributed by atoms with Gasteiger partial charge in [-0.2, -0.15) is 33.3 Å². The van der Waals surface area contributed by atoms with Crippen LogP contribution in [0.5, 0.6) is 23.3 Å². The zero-order chi connectivity index (χ0) is 64.1. The third-order valence-corrected chi connectivity index (χ3v) is 14.2. The molecule has 8 rings (SSSR count). The summed E-state index contributed by atoms with van der Waals surface area (Å²) in [4.78, 5) is 99.3. The predicted octanol–water partition coefficient (Wildman–Crippen LogP) is 8.82. The maximum atomic E-state index is 14.5. The van der Waals surface area contributed by atoms with Crippen LogP contribution < -0.4 is 49.4 Å². The van der Waals surface area contributed by atoms with Gasteiger partial charge >= 0.3 is 12.0 Å². The first kappa shape index (κ1) is 69.8. The molecule has 5 aromatic rings. The van der Waals surface area contributed by atoms with Crippen molar-refractivity contribution in [1.82, 2.24) is 39.5 Å². The molecule has 0 saturated carbocycles. The van der Waals surface area contributed by atoms with Gasteiger partial charge in [0.05, 0.1) is 54.9 Å². The molecule has 0 radical (unpaired) electrons. The van der Waals surface area contributed by atoms with E-state index in [0.29, 0.717) is 54.8 Å². The minimum Gasteiger partial charge on any atom is -0.489 e. The van der Waals surface area contributed by atoms with Crippen LogP contribution in [0.3, 0.4) is 0 Å². The average Bonchev–Trinajstić information content (AvgIpc) is 1.83. The van der Waals surface area contributed by atoms with E-state index >= 15 is 0 Å². The summed E-state index contributed by atoms with van der Waals surface area (Å²) in [6, 6.07) is 12.6. The van der Waals surface area contributed by atoms with Gasteiger partial charge in [0.2, 0.25) is 34.9 Å². The highest BCUT2D eigenvalue weighted by atomic mass is 35.5. The molecule has 5 heterocycles. The molecule has 3 aliphatic rings. The summed E-state index contributed by atoms with van der Waals surface area (Å²) >= 11 is 23.0. The van der Waals surface area contributed by atoms with E-state index in [1.165, 1.54) is 63.7 Å². The van der Waals surface area contributed by atoms with Crippen LogP contribution in [-0.4, -0.2) is 150 Å². The Hall–Kier alpha value is -7.92. The molecule has 87 heavy (non-hydrogen) atoms. The van der Waals surface area contributed by atoms with Crippen LogP contribution in [0.15, 0.2) is 77.0 Å². The lowest BCUT2D eigenvalue weighted by molar-refractivity contribution is -0.146. The van der Waals surface area contributed by atoms with Crippen molar-refractivity contribution in [3.63, 3.8) is 0 Å². The van der Waals surface area contributed by atoms with E-state index < -0.39 is 62.0 Å². The molecule has 1 unspecified atom stereocenters. The molecule has 0 fully saturated rings. The molecule has 3 aromatic heterocycles. The number of imide groups is 1. The SMILES string of the molecule is CC1COc2ccccc2N1C(=O)C(Cl)Cl.CCCCCOC(=O)COc1cc(N2C(=O)C3=C(CCCC3)C2=O)c(F)cc1Cl.CCNc1nc(Cl)nc(NC(C)C)n1.COc1cc(OC)nc(NC(=O)NS(=O)(=O)c2ncccc2C(=O)N(C)C)n1. The number of aromatic nitrogens is 6. The quantitative estimate of drug-likeness (QED) is 0.0259. The number of nitrogens with one attached hydrogen (secondary N) is 4. The van der Waals surface area contributed by atoms with Crippen molar-refractivity contribution in [3.05, 3.63) is 93.6 Å². The third-order valence-electron chi connectivity index (χ3n) is 12.0. The number of halogens is 5. The summed E-state index contributed by atoms with van der Waals surface area (Å²) < 4.78 is 67.2. The fourth-order valence-corrected chi connectivity index (χ4v) is 9.71. The lowest BCUT2D eigenvalue weighted by Gasteiger charge is -2.35. The number of pyridine rings is 1. The number of methoxy groups -OCH3 is 2. The van der Waals surface area contributed by atoms with Crippen molar-refractivity contribution >= 4 is 121 Å². The van der Waals surface area contributed by atoms with Crippen LogP contribution in [-0.2, 0) is 33.9 Å².